The van der Waals surface area contributed by atoms with Gasteiger partial charge >= 0.3 is 0 Å². The van der Waals surface area contributed by atoms with Gasteiger partial charge in [0, 0.05) is 23.7 Å². The Morgan fingerprint density at radius 1 is 1.06 bits per heavy atom. The molecule has 33 heavy (non-hydrogen) atoms. The molecule has 1 aliphatic rings. The molecule has 1 unspecified atom stereocenters. The highest BCUT2D eigenvalue weighted by Gasteiger charge is 2.40. The largest absolute Gasteiger partial charge is 0.335 e. The van der Waals surface area contributed by atoms with E-state index in [1.54, 1.807) is 12.1 Å². The lowest BCUT2D eigenvalue weighted by molar-refractivity contribution is -0.121. The molecule has 1 N–H and O–H groups in total. The van der Waals surface area contributed by atoms with Gasteiger partial charge in [0.15, 0.2) is 5.17 Å². The third kappa shape index (κ3) is 6.00. The highest BCUT2D eigenvalue weighted by Crippen LogP contribution is 2.31. The topological polar surface area (TPSA) is 61.8 Å². The molecule has 0 aliphatic carbocycles. The van der Waals surface area contributed by atoms with Crippen LogP contribution in [0.15, 0.2) is 83.9 Å². The van der Waals surface area contributed by atoms with E-state index in [2.05, 4.69) is 10.3 Å². The van der Waals surface area contributed by atoms with Crippen LogP contribution < -0.4 is 10.2 Å². The molecule has 0 radical (unpaired) electrons. The molecule has 1 atom stereocenters. The molecule has 168 valence electrons. The molecule has 3 aromatic carbocycles. The van der Waals surface area contributed by atoms with E-state index in [-0.39, 0.29) is 18.2 Å². The number of nitrogens with one attached hydrogen (secondary N) is 1. The Balaban J connectivity index is 1.51. The van der Waals surface area contributed by atoms with E-state index in [1.807, 2.05) is 42.5 Å². The average Bonchev–Trinajstić information content (AvgIpc) is 3.08. The summed E-state index contributed by atoms with van der Waals surface area (Å²) in [5.74, 6) is -1.10. The van der Waals surface area contributed by atoms with E-state index >= 15 is 0 Å². The predicted molar refractivity (Wildman–Crippen MR) is 132 cm³/mol. The van der Waals surface area contributed by atoms with Crippen molar-refractivity contribution in [1.29, 1.82) is 0 Å². The number of imide groups is 1. The van der Waals surface area contributed by atoms with Crippen molar-refractivity contribution in [3.8, 4) is 0 Å². The molecule has 1 fully saturated rings. The number of hydrogen-bond acceptors (Lipinski definition) is 4. The van der Waals surface area contributed by atoms with E-state index < -0.39 is 11.1 Å². The SMILES string of the molecule is O=C1CC(SC(=NCCc2ccccc2)Nc2cccc(Cl)c2)C(=O)N1c1ccc(F)cc1. The van der Waals surface area contributed by atoms with Crippen LogP contribution in [0, 0.1) is 5.82 Å². The summed E-state index contributed by atoms with van der Waals surface area (Å²) in [5, 5.41) is 3.69. The van der Waals surface area contributed by atoms with Gasteiger partial charge in [-0.15, -0.1) is 0 Å². The lowest BCUT2D eigenvalue weighted by Gasteiger charge is -2.16. The number of carbonyl (C=O) groups excluding carboxylic acids is 2. The van der Waals surface area contributed by atoms with Crippen molar-refractivity contribution in [2.75, 3.05) is 16.8 Å². The third-order valence-electron chi connectivity index (χ3n) is 5.02. The summed E-state index contributed by atoms with van der Waals surface area (Å²) >= 11 is 7.32. The van der Waals surface area contributed by atoms with E-state index in [4.69, 9.17) is 11.6 Å². The zero-order chi connectivity index (χ0) is 23.2. The molecule has 0 aromatic heterocycles. The van der Waals surface area contributed by atoms with Crippen LogP contribution in [0.25, 0.3) is 0 Å². The second-order valence-corrected chi connectivity index (χ2v) is 9.04. The van der Waals surface area contributed by atoms with E-state index in [9.17, 15) is 14.0 Å². The molecule has 0 saturated carbocycles. The normalized spacial score (nSPS) is 16.4. The van der Waals surface area contributed by atoms with Crippen molar-refractivity contribution in [1.82, 2.24) is 0 Å². The van der Waals surface area contributed by atoms with Gasteiger partial charge in [-0.05, 0) is 54.4 Å². The van der Waals surface area contributed by atoms with Crippen molar-refractivity contribution < 1.29 is 14.0 Å². The molecule has 8 heteroatoms. The van der Waals surface area contributed by atoms with Crippen LogP contribution in [0.5, 0.6) is 0 Å². The summed E-state index contributed by atoms with van der Waals surface area (Å²) in [5.41, 5.74) is 2.25. The molecule has 1 aliphatic heterocycles. The van der Waals surface area contributed by atoms with Crippen molar-refractivity contribution in [2.24, 2.45) is 4.99 Å². The average molecular weight is 482 g/mol. The quantitative estimate of drug-likeness (QED) is 0.284. The van der Waals surface area contributed by atoms with Crippen molar-refractivity contribution in [3.63, 3.8) is 0 Å². The molecule has 1 saturated heterocycles. The minimum Gasteiger partial charge on any atom is -0.335 e. The maximum absolute atomic E-state index is 13.3. The fraction of sp³-hybridized carbons (Fsp3) is 0.160. The number of thioether (sulfide) groups is 1. The third-order valence-corrected chi connectivity index (χ3v) is 6.36. The van der Waals surface area contributed by atoms with Crippen LogP contribution in [0.2, 0.25) is 5.02 Å². The molecule has 0 spiro atoms. The smallest absolute Gasteiger partial charge is 0.247 e. The number of rotatable bonds is 6. The summed E-state index contributed by atoms with van der Waals surface area (Å²) in [6.45, 7) is 0.510. The molecular formula is C25H21ClFN3O2S. The van der Waals surface area contributed by atoms with E-state index in [1.165, 1.54) is 36.0 Å². The van der Waals surface area contributed by atoms with E-state index in [0.29, 0.717) is 22.4 Å². The molecule has 1 heterocycles. The predicted octanol–water partition coefficient (Wildman–Crippen LogP) is 5.56. The lowest BCUT2D eigenvalue weighted by Crippen LogP contribution is -2.31. The number of amidine groups is 1. The van der Waals surface area contributed by atoms with Crippen LogP contribution in [0.1, 0.15) is 12.0 Å². The van der Waals surface area contributed by atoms with Crippen LogP contribution in [-0.4, -0.2) is 28.8 Å². The Morgan fingerprint density at radius 3 is 2.55 bits per heavy atom. The molecule has 2 amide bonds. The van der Waals surface area contributed by atoms with Gasteiger partial charge in [0.2, 0.25) is 11.8 Å². The highest BCUT2D eigenvalue weighted by atomic mass is 35.5. The summed E-state index contributed by atoms with van der Waals surface area (Å²) in [6, 6.07) is 22.5. The van der Waals surface area contributed by atoms with Crippen LogP contribution in [-0.2, 0) is 16.0 Å². The zero-order valence-corrected chi connectivity index (χ0v) is 19.2. The number of carbonyl (C=O) groups is 2. The fourth-order valence-corrected chi connectivity index (χ4v) is 4.65. The molecule has 3 aromatic rings. The lowest BCUT2D eigenvalue weighted by atomic mass is 10.2. The first-order valence-electron chi connectivity index (χ1n) is 10.4. The first kappa shape index (κ1) is 23.0. The number of anilines is 2. The number of amides is 2. The minimum absolute atomic E-state index is 0.0375. The highest BCUT2D eigenvalue weighted by molar-refractivity contribution is 8.15. The second-order valence-electron chi connectivity index (χ2n) is 7.41. The number of hydrogen-bond donors (Lipinski definition) is 1. The maximum Gasteiger partial charge on any atom is 0.247 e. The van der Waals surface area contributed by atoms with Gasteiger partial charge in [0.25, 0.3) is 0 Å². The van der Waals surface area contributed by atoms with Gasteiger partial charge in [-0.3, -0.25) is 14.6 Å². The van der Waals surface area contributed by atoms with Crippen molar-refractivity contribution in [2.45, 2.75) is 18.1 Å². The van der Waals surface area contributed by atoms with Crippen molar-refractivity contribution in [3.05, 3.63) is 95.3 Å². The Morgan fingerprint density at radius 2 is 1.82 bits per heavy atom. The van der Waals surface area contributed by atoms with Crippen LogP contribution in [0.4, 0.5) is 15.8 Å². The fourth-order valence-electron chi connectivity index (χ4n) is 3.42. The Labute approximate surface area is 200 Å². The molecule has 0 bridgehead atoms. The Hall–Kier alpha value is -3.16. The second kappa shape index (κ2) is 10.6. The Bertz CT molecular complexity index is 1170. The summed E-state index contributed by atoms with van der Waals surface area (Å²) < 4.78 is 13.3. The summed E-state index contributed by atoms with van der Waals surface area (Å²) in [6.07, 6.45) is 0.775. The molecular weight excluding hydrogens is 461 g/mol. The van der Waals surface area contributed by atoms with Crippen molar-refractivity contribution >= 4 is 51.7 Å². The van der Waals surface area contributed by atoms with Gasteiger partial charge in [-0.1, -0.05) is 59.8 Å². The zero-order valence-electron chi connectivity index (χ0n) is 17.6. The summed E-state index contributed by atoms with van der Waals surface area (Å²) in [7, 11) is 0. The summed E-state index contributed by atoms with van der Waals surface area (Å²) in [4.78, 5) is 31.4. The van der Waals surface area contributed by atoms with Gasteiger partial charge in [0.05, 0.1) is 5.69 Å². The van der Waals surface area contributed by atoms with Gasteiger partial charge in [0.1, 0.15) is 11.1 Å². The van der Waals surface area contributed by atoms with Crippen LogP contribution in [0.3, 0.4) is 0 Å². The molecule has 4 rings (SSSR count). The molecule has 5 nitrogen and oxygen atoms in total. The van der Waals surface area contributed by atoms with Gasteiger partial charge in [-0.25, -0.2) is 9.29 Å². The minimum atomic E-state index is -0.635. The standard InChI is InChI=1S/C25H21ClFN3O2S/c26-18-7-4-8-20(15-18)29-25(28-14-13-17-5-2-1-3-6-17)33-22-16-23(31)30(24(22)32)21-11-9-19(27)10-12-21/h1-12,15,22H,13-14,16H2,(H,28,29). The first-order valence-corrected chi connectivity index (χ1v) is 11.7. The first-order chi connectivity index (χ1) is 16.0. The number of nitrogens with zero attached hydrogens (tertiary/aromatic N) is 2. The number of aliphatic imine (C=N–C) groups is 1. The maximum atomic E-state index is 13.3. The van der Waals surface area contributed by atoms with Gasteiger partial charge in [-0.2, -0.15) is 0 Å². The van der Waals surface area contributed by atoms with Crippen LogP contribution >= 0.6 is 23.4 Å². The number of benzene rings is 3. The van der Waals surface area contributed by atoms with Gasteiger partial charge < -0.3 is 5.32 Å². The number of halogens is 2. The Kier molecular flexibility index (Phi) is 7.42. The van der Waals surface area contributed by atoms with E-state index in [0.717, 1.165) is 22.6 Å². The monoisotopic (exact) mass is 481 g/mol.